The number of furan rings is 1. The van der Waals surface area contributed by atoms with Gasteiger partial charge in [-0.2, -0.15) is 0 Å². The van der Waals surface area contributed by atoms with Crippen molar-refractivity contribution in [1.29, 1.82) is 0 Å². The van der Waals surface area contributed by atoms with Crippen molar-refractivity contribution in [2.45, 2.75) is 23.9 Å². The van der Waals surface area contributed by atoms with Gasteiger partial charge >= 0.3 is 0 Å². The lowest BCUT2D eigenvalue weighted by Gasteiger charge is -2.07. The molecule has 0 bridgehead atoms. The number of rotatable bonds is 7. The molecule has 0 aliphatic heterocycles. The molecular formula is C18H19N3O4S2. The number of ether oxygens (including phenoxy) is 2. The molecule has 2 heterocycles. The lowest BCUT2D eigenvalue weighted by Crippen LogP contribution is -2.11. The zero-order valence-electron chi connectivity index (χ0n) is 15.4. The first-order valence-electron chi connectivity index (χ1n) is 8.05. The first-order chi connectivity index (χ1) is 13.0. The van der Waals surface area contributed by atoms with Crippen LogP contribution in [0.3, 0.4) is 0 Å². The summed E-state index contributed by atoms with van der Waals surface area (Å²) in [5.74, 6) is 3.17. The van der Waals surface area contributed by atoms with Crippen molar-refractivity contribution in [2.24, 2.45) is 0 Å². The Morgan fingerprint density at radius 3 is 2.44 bits per heavy atom. The largest absolute Gasteiger partial charge is 0.497 e. The molecule has 1 aromatic carbocycles. The van der Waals surface area contributed by atoms with E-state index in [2.05, 4.69) is 15.5 Å². The first kappa shape index (κ1) is 19.2. The van der Waals surface area contributed by atoms with Crippen LogP contribution >= 0.6 is 23.1 Å². The van der Waals surface area contributed by atoms with Crippen LogP contribution in [0.25, 0.3) is 0 Å². The number of aryl methyl sites for hydroxylation is 2. The number of carbonyl (C=O) groups is 1. The summed E-state index contributed by atoms with van der Waals surface area (Å²) in [6.07, 6.45) is 0. The summed E-state index contributed by atoms with van der Waals surface area (Å²) in [5.41, 5.74) is 1.54. The van der Waals surface area contributed by atoms with E-state index in [1.54, 1.807) is 34.1 Å². The molecule has 0 atom stereocenters. The standard InChI is InChI=1S/C18H19N3O4S2/c1-10-5-15(11(2)25-10)16(22)19-17-20-21-18(27-17)26-9-12-6-13(23-3)8-14(7-12)24-4/h5-8H,9H2,1-4H3,(H,19,20,22). The van der Waals surface area contributed by atoms with Crippen molar-refractivity contribution >= 4 is 34.1 Å². The topological polar surface area (TPSA) is 86.5 Å². The predicted octanol–water partition coefficient (Wildman–Crippen LogP) is 4.31. The molecule has 0 aliphatic carbocycles. The van der Waals surface area contributed by atoms with E-state index >= 15 is 0 Å². The zero-order valence-corrected chi connectivity index (χ0v) is 17.0. The molecule has 3 rings (SSSR count). The Morgan fingerprint density at radius 1 is 1.15 bits per heavy atom. The second kappa shape index (κ2) is 8.45. The molecule has 0 fully saturated rings. The van der Waals surface area contributed by atoms with Crippen LogP contribution in [0.2, 0.25) is 0 Å². The molecule has 0 saturated carbocycles. The maximum Gasteiger partial charge on any atom is 0.261 e. The van der Waals surface area contributed by atoms with Crippen LogP contribution in [0.5, 0.6) is 11.5 Å². The molecule has 27 heavy (non-hydrogen) atoms. The third kappa shape index (κ3) is 4.81. The quantitative estimate of drug-likeness (QED) is 0.463. The Balaban J connectivity index is 1.63. The lowest BCUT2D eigenvalue weighted by molar-refractivity contribution is 0.102. The predicted molar refractivity (Wildman–Crippen MR) is 105 cm³/mol. The number of aromatic nitrogens is 2. The van der Waals surface area contributed by atoms with Crippen LogP contribution in [0, 0.1) is 13.8 Å². The average Bonchev–Trinajstić information content (AvgIpc) is 3.25. The Kier molecular flexibility index (Phi) is 6.02. The maximum atomic E-state index is 12.3. The van der Waals surface area contributed by atoms with Gasteiger partial charge in [0.2, 0.25) is 5.13 Å². The smallest absolute Gasteiger partial charge is 0.261 e. The van der Waals surface area contributed by atoms with Crippen LogP contribution in [0.1, 0.15) is 27.4 Å². The van der Waals surface area contributed by atoms with Gasteiger partial charge in [0.1, 0.15) is 23.0 Å². The van der Waals surface area contributed by atoms with Gasteiger partial charge in [0.05, 0.1) is 19.8 Å². The molecule has 1 amide bonds. The van der Waals surface area contributed by atoms with E-state index in [0.717, 1.165) is 21.4 Å². The number of amides is 1. The maximum absolute atomic E-state index is 12.3. The highest BCUT2D eigenvalue weighted by Crippen LogP contribution is 2.31. The lowest BCUT2D eigenvalue weighted by atomic mass is 10.2. The molecule has 0 aliphatic rings. The van der Waals surface area contributed by atoms with Crippen LogP contribution in [0.15, 0.2) is 33.0 Å². The second-order valence-corrected chi connectivity index (χ2v) is 7.86. The summed E-state index contributed by atoms with van der Waals surface area (Å²) < 4.78 is 16.7. The van der Waals surface area contributed by atoms with Gasteiger partial charge in [0.15, 0.2) is 4.34 Å². The van der Waals surface area contributed by atoms with Gasteiger partial charge in [0.25, 0.3) is 5.91 Å². The third-order valence-corrected chi connectivity index (χ3v) is 5.73. The van der Waals surface area contributed by atoms with E-state index in [4.69, 9.17) is 13.9 Å². The summed E-state index contributed by atoms with van der Waals surface area (Å²) in [6, 6.07) is 7.43. The molecule has 2 aromatic heterocycles. The van der Waals surface area contributed by atoms with Gasteiger partial charge in [-0.3, -0.25) is 10.1 Å². The molecule has 9 heteroatoms. The van der Waals surface area contributed by atoms with Crippen molar-refractivity contribution in [3.05, 3.63) is 46.9 Å². The molecule has 0 unspecified atom stereocenters. The van der Waals surface area contributed by atoms with Gasteiger partial charge in [-0.1, -0.05) is 23.1 Å². The molecule has 1 N–H and O–H groups in total. The monoisotopic (exact) mass is 405 g/mol. The normalized spacial score (nSPS) is 10.7. The summed E-state index contributed by atoms with van der Waals surface area (Å²) >= 11 is 2.85. The van der Waals surface area contributed by atoms with Gasteiger partial charge < -0.3 is 13.9 Å². The number of benzene rings is 1. The number of hydrogen-bond acceptors (Lipinski definition) is 8. The molecule has 3 aromatic rings. The van der Waals surface area contributed by atoms with Crippen LogP contribution in [-0.4, -0.2) is 30.3 Å². The van der Waals surface area contributed by atoms with Crippen molar-refractivity contribution in [3.63, 3.8) is 0 Å². The van der Waals surface area contributed by atoms with Crippen molar-refractivity contribution < 1.29 is 18.7 Å². The minimum absolute atomic E-state index is 0.255. The Hall–Kier alpha value is -2.52. The Labute approximate surface area is 165 Å². The number of methoxy groups -OCH3 is 2. The van der Waals surface area contributed by atoms with Crippen LogP contribution in [-0.2, 0) is 5.75 Å². The Bertz CT molecular complexity index is 930. The van der Waals surface area contributed by atoms with E-state index in [1.165, 1.54) is 23.1 Å². The minimum atomic E-state index is -0.255. The van der Waals surface area contributed by atoms with E-state index in [-0.39, 0.29) is 5.91 Å². The van der Waals surface area contributed by atoms with Crippen LogP contribution < -0.4 is 14.8 Å². The third-order valence-electron chi connectivity index (χ3n) is 3.69. The first-order valence-corrected chi connectivity index (χ1v) is 9.85. The van der Waals surface area contributed by atoms with Gasteiger partial charge in [-0.25, -0.2) is 0 Å². The number of hydrogen-bond donors (Lipinski definition) is 1. The van der Waals surface area contributed by atoms with Gasteiger partial charge in [-0.15, -0.1) is 10.2 Å². The van der Waals surface area contributed by atoms with Crippen molar-refractivity contribution in [2.75, 3.05) is 19.5 Å². The van der Waals surface area contributed by atoms with Crippen LogP contribution in [0.4, 0.5) is 5.13 Å². The average molecular weight is 406 g/mol. The summed E-state index contributed by atoms with van der Waals surface area (Å²) in [4.78, 5) is 12.3. The van der Waals surface area contributed by atoms with Crippen molar-refractivity contribution in [1.82, 2.24) is 10.2 Å². The second-order valence-electron chi connectivity index (χ2n) is 5.66. The molecule has 142 valence electrons. The minimum Gasteiger partial charge on any atom is -0.497 e. The van der Waals surface area contributed by atoms with E-state index in [9.17, 15) is 4.79 Å². The summed E-state index contributed by atoms with van der Waals surface area (Å²) in [5, 5.41) is 11.4. The highest BCUT2D eigenvalue weighted by Gasteiger charge is 2.16. The number of thioether (sulfide) groups is 1. The fraction of sp³-hybridized carbons (Fsp3) is 0.278. The number of nitrogens with one attached hydrogen (secondary N) is 1. The molecule has 7 nitrogen and oxygen atoms in total. The van der Waals surface area contributed by atoms with E-state index < -0.39 is 0 Å². The fourth-order valence-corrected chi connectivity index (χ4v) is 4.11. The highest BCUT2D eigenvalue weighted by atomic mass is 32.2. The Morgan fingerprint density at radius 2 is 1.85 bits per heavy atom. The zero-order chi connectivity index (χ0) is 19.4. The van der Waals surface area contributed by atoms with E-state index in [1.807, 2.05) is 18.2 Å². The highest BCUT2D eigenvalue weighted by molar-refractivity contribution is 8.00. The molecular weight excluding hydrogens is 386 g/mol. The van der Waals surface area contributed by atoms with E-state index in [0.29, 0.717) is 28.0 Å². The summed E-state index contributed by atoms with van der Waals surface area (Å²) in [6.45, 7) is 3.56. The summed E-state index contributed by atoms with van der Waals surface area (Å²) in [7, 11) is 3.24. The molecule has 0 spiro atoms. The number of carbonyl (C=O) groups excluding carboxylic acids is 1. The number of anilines is 1. The number of nitrogens with zero attached hydrogens (tertiary/aromatic N) is 2. The fourth-order valence-electron chi connectivity index (χ4n) is 2.43. The van der Waals surface area contributed by atoms with Gasteiger partial charge in [0, 0.05) is 11.8 Å². The molecule has 0 saturated heterocycles. The SMILES string of the molecule is COc1cc(CSc2nnc(NC(=O)c3cc(C)oc3C)s2)cc(OC)c1. The van der Waals surface area contributed by atoms with Crippen molar-refractivity contribution in [3.8, 4) is 11.5 Å². The molecule has 0 radical (unpaired) electrons. The van der Waals surface area contributed by atoms with Gasteiger partial charge in [-0.05, 0) is 37.6 Å².